The zero-order valence-electron chi connectivity index (χ0n) is 8.89. The second kappa shape index (κ2) is 4.24. The van der Waals surface area contributed by atoms with Gasteiger partial charge in [0.05, 0.1) is 6.04 Å². The van der Waals surface area contributed by atoms with Gasteiger partial charge in [0, 0.05) is 6.04 Å². The maximum absolute atomic E-state index is 12.3. The summed E-state index contributed by atoms with van der Waals surface area (Å²) in [6, 6.07) is -0.584. The lowest BCUT2D eigenvalue weighted by molar-refractivity contribution is -0.163. The average Bonchev–Trinajstić information content (AvgIpc) is 2.87. The SMILES string of the molecule is O=C([C@H]1CCCN1)N(CC(F)(F)F)C1CC1. The van der Waals surface area contributed by atoms with Crippen LogP contribution in [0.3, 0.4) is 0 Å². The Bertz CT molecular complexity index is 270. The van der Waals surface area contributed by atoms with Gasteiger partial charge in [-0.3, -0.25) is 4.79 Å². The summed E-state index contributed by atoms with van der Waals surface area (Å²) in [6.45, 7) is -0.379. The van der Waals surface area contributed by atoms with Crippen molar-refractivity contribution in [2.24, 2.45) is 0 Å². The third kappa shape index (κ3) is 2.87. The minimum absolute atomic E-state index is 0.184. The van der Waals surface area contributed by atoms with Crippen molar-refractivity contribution in [3.05, 3.63) is 0 Å². The Morgan fingerprint density at radius 3 is 2.44 bits per heavy atom. The van der Waals surface area contributed by atoms with E-state index in [2.05, 4.69) is 5.32 Å². The number of amides is 1. The molecule has 1 aliphatic heterocycles. The van der Waals surface area contributed by atoms with Crippen LogP contribution in [0.15, 0.2) is 0 Å². The van der Waals surface area contributed by atoms with Gasteiger partial charge in [-0.15, -0.1) is 0 Å². The van der Waals surface area contributed by atoms with E-state index in [1.807, 2.05) is 0 Å². The molecule has 1 amide bonds. The highest BCUT2D eigenvalue weighted by Gasteiger charge is 2.42. The van der Waals surface area contributed by atoms with Crippen LogP contribution in [0.25, 0.3) is 0 Å². The van der Waals surface area contributed by atoms with E-state index < -0.39 is 18.8 Å². The largest absolute Gasteiger partial charge is 0.406 e. The Hall–Kier alpha value is -0.780. The first-order chi connectivity index (χ1) is 7.47. The third-order valence-electron chi connectivity index (χ3n) is 2.98. The van der Waals surface area contributed by atoms with E-state index in [0.29, 0.717) is 19.3 Å². The second-order valence-electron chi connectivity index (χ2n) is 4.46. The Balaban J connectivity index is 1.98. The van der Waals surface area contributed by atoms with Crippen LogP contribution in [0, 0.1) is 0 Å². The molecule has 2 rings (SSSR count). The lowest BCUT2D eigenvalue weighted by Crippen LogP contribution is -2.48. The molecule has 1 N–H and O–H groups in total. The van der Waals surface area contributed by atoms with Gasteiger partial charge in [-0.25, -0.2) is 0 Å². The smallest absolute Gasteiger partial charge is 0.329 e. The standard InChI is InChI=1S/C10H15F3N2O/c11-10(12,13)6-15(7-3-4-7)9(16)8-2-1-5-14-8/h7-8,14H,1-6H2/t8-/m1/s1. The van der Waals surface area contributed by atoms with Crippen LogP contribution in [0.4, 0.5) is 13.2 Å². The molecular weight excluding hydrogens is 221 g/mol. The highest BCUT2D eigenvalue weighted by Crippen LogP contribution is 2.31. The number of carbonyl (C=O) groups is 1. The first kappa shape index (κ1) is 11.7. The number of hydrogen-bond acceptors (Lipinski definition) is 2. The molecule has 0 spiro atoms. The van der Waals surface area contributed by atoms with E-state index in [-0.39, 0.29) is 11.9 Å². The van der Waals surface area contributed by atoms with Gasteiger partial charge in [-0.2, -0.15) is 13.2 Å². The van der Waals surface area contributed by atoms with E-state index in [0.717, 1.165) is 17.9 Å². The van der Waals surface area contributed by atoms with Crippen molar-refractivity contribution in [1.29, 1.82) is 0 Å². The normalized spacial score (nSPS) is 25.8. The van der Waals surface area contributed by atoms with Crippen LogP contribution in [-0.2, 0) is 4.79 Å². The maximum atomic E-state index is 12.3. The van der Waals surface area contributed by atoms with Gasteiger partial charge < -0.3 is 10.2 Å². The molecule has 1 saturated heterocycles. The first-order valence-corrected chi connectivity index (χ1v) is 5.58. The summed E-state index contributed by atoms with van der Waals surface area (Å²) in [6.07, 6.45) is -1.37. The molecule has 6 heteroatoms. The summed E-state index contributed by atoms with van der Waals surface area (Å²) in [4.78, 5) is 12.9. The molecule has 1 atom stereocenters. The summed E-state index contributed by atoms with van der Waals surface area (Å²) in [5.74, 6) is -0.377. The van der Waals surface area contributed by atoms with Crippen molar-refractivity contribution in [3.63, 3.8) is 0 Å². The number of nitrogens with one attached hydrogen (secondary N) is 1. The van der Waals surface area contributed by atoms with E-state index >= 15 is 0 Å². The Labute approximate surface area is 92.0 Å². The van der Waals surface area contributed by atoms with Crippen LogP contribution < -0.4 is 5.32 Å². The van der Waals surface area contributed by atoms with Crippen LogP contribution in [0.1, 0.15) is 25.7 Å². The maximum Gasteiger partial charge on any atom is 0.406 e. The lowest BCUT2D eigenvalue weighted by Gasteiger charge is -2.26. The summed E-state index contributed by atoms with van der Waals surface area (Å²) >= 11 is 0. The van der Waals surface area contributed by atoms with Gasteiger partial charge in [-0.05, 0) is 32.2 Å². The molecule has 92 valence electrons. The fourth-order valence-corrected chi connectivity index (χ4v) is 2.06. The van der Waals surface area contributed by atoms with Gasteiger partial charge in [0.2, 0.25) is 5.91 Å². The number of hydrogen-bond donors (Lipinski definition) is 1. The number of rotatable bonds is 3. The zero-order chi connectivity index (χ0) is 11.8. The predicted octanol–water partition coefficient (Wildman–Crippen LogP) is 1.29. The second-order valence-corrected chi connectivity index (χ2v) is 4.46. The van der Waals surface area contributed by atoms with Gasteiger partial charge in [0.1, 0.15) is 6.54 Å². The van der Waals surface area contributed by atoms with E-state index in [9.17, 15) is 18.0 Å². The minimum atomic E-state index is -4.29. The van der Waals surface area contributed by atoms with Crippen molar-refractivity contribution >= 4 is 5.91 Å². The number of halogens is 3. The monoisotopic (exact) mass is 236 g/mol. The van der Waals surface area contributed by atoms with E-state index in [1.165, 1.54) is 0 Å². The van der Waals surface area contributed by atoms with Gasteiger partial charge in [-0.1, -0.05) is 0 Å². The van der Waals surface area contributed by atoms with Crippen molar-refractivity contribution in [2.45, 2.75) is 43.9 Å². The van der Waals surface area contributed by atoms with Crippen LogP contribution in [0.5, 0.6) is 0 Å². The minimum Gasteiger partial charge on any atom is -0.329 e. The summed E-state index contributed by atoms with van der Waals surface area (Å²) < 4.78 is 37.0. The number of nitrogens with zero attached hydrogens (tertiary/aromatic N) is 1. The highest BCUT2D eigenvalue weighted by atomic mass is 19.4. The molecule has 0 unspecified atom stereocenters. The summed E-state index contributed by atoms with van der Waals surface area (Å²) in [5, 5.41) is 2.95. The molecule has 0 radical (unpaired) electrons. The highest BCUT2D eigenvalue weighted by molar-refractivity contribution is 5.82. The van der Waals surface area contributed by atoms with Crippen LogP contribution in [-0.4, -0.2) is 42.2 Å². The average molecular weight is 236 g/mol. The molecule has 0 aromatic rings. The lowest BCUT2D eigenvalue weighted by atomic mass is 10.2. The van der Waals surface area contributed by atoms with Gasteiger partial charge >= 0.3 is 6.18 Å². The molecule has 0 aromatic heterocycles. The van der Waals surface area contributed by atoms with Crippen LogP contribution >= 0.6 is 0 Å². The fraction of sp³-hybridized carbons (Fsp3) is 0.900. The number of alkyl halides is 3. The molecule has 1 heterocycles. The molecule has 3 nitrogen and oxygen atoms in total. The topological polar surface area (TPSA) is 32.3 Å². The summed E-state index contributed by atoms with van der Waals surface area (Å²) in [5.41, 5.74) is 0. The molecule has 1 aliphatic carbocycles. The summed E-state index contributed by atoms with van der Waals surface area (Å²) in [7, 11) is 0. The predicted molar refractivity (Wildman–Crippen MR) is 51.8 cm³/mol. The van der Waals surface area contributed by atoms with Gasteiger partial charge in [0.25, 0.3) is 0 Å². The molecule has 1 saturated carbocycles. The molecular formula is C10H15F3N2O. The van der Waals surface area contributed by atoms with Crippen LogP contribution in [0.2, 0.25) is 0 Å². The van der Waals surface area contributed by atoms with Crippen molar-refractivity contribution < 1.29 is 18.0 Å². The Kier molecular flexibility index (Phi) is 3.10. The van der Waals surface area contributed by atoms with Crippen molar-refractivity contribution in [1.82, 2.24) is 10.2 Å². The van der Waals surface area contributed by atoms with E-state index in [1.54, 1.807) is 0 Å². The number of carbonyl (C=O) groups excluding carboxylic acids is 1. The molecule has 16 heavy (non-hydrogen) atoms. The molecule has 0 aromatic carbocycles. The van der Waals surface area contributed by atoms with Gasteiger partial charge in [0.15, 0.2) is 0 Å². The zero-order valence-corrected chi connectivity index (χ0v) is 8.89. The Morgan fingerprint density at radius 2 is 2.00 bits per heavy atom. The fourth-order valence-electron chi connectivity index (χ4n) is 2.06. The third-order valence-corrected chi connectivity index (χ3v) is 2.98. The molecule has 2 fully saturated rings. The van der Waals surface area contributed by atoms with E-state index in [4.69, 9.17) is 0 Å². The Morgan fingerprint density at radius 1 is 1.31 bits per heavy atom. The molecule has 2 aliphatic rings. The quantitative estimate of drug-likeness (QED) is 0.801. The van der Waals surface area contributed by atoms with Crippen molar-refractivity contribution in [2.75, 3.05) is 13.1 Å². The van der Waals surface area contributed by atoms with Crippen molar-refractivity contribution in [3.8, 4) is 0 Å². The molecule has 0 bridgehead atoms. The first-order valence-electron chi connectivity index (χ1n) is 5.58.